The number of piperidine rings is 2. The van der Waals surface area contributed by atoms with Gasteiger partial charge in [0, 0.05) is 48.6 Å². The van der Waals surface area contributed by atoms with Crippen LogP contribution in [0.3, 0.4) is 0 Å². The van der Waals surface area contributed by atoms with E-state index in [0.717, 1.165) is 51.9 Å². The number of benzene rings is 4. The monoisotopic (exact) mass is 1170 g/mol. The largest absolute Gasteiger partial charge is 0.478 e. The number of hydrogen-bond donors (Lipinski definition) is 5. The second-order valence-corrected chi connectivity index (χ2v) is 33.1. The fourth-order valence-electron chi connectivity index (χ4n) is 10.3. The first-order valence-corrected chi connectivity index (χ1v) is 32.5. The second kappa shape index (κ2) is 21.6. The Kier molecular flexibility index (Phi) is 16.4. The van der Waals surface area contributed by atoms with Crippen LogP contribution in [0.15, 0.2) is 105 Å². The average molecular weight is 1170 g/mol. The number of amides is 1. The molecule has 2 aliphatic carbocycles. The van der Waals surface area contributed by atoms with Crippen molar-refractivity contribution < 1.29 is 57.8 Å². The van der Waals surface area contributed by atoms with Gasteiger partial charge in [0.25, 0.3) is 5.91 Å². The molecule has 23 heteroatoms. The van der Waals surface area contributed by atoms with Crippen LogP contribution in [0.25, 0.3) is 0 Å². The summed E-state index contributed by atoms with van der Waals surface area (Å²) in [4.78, 5) is 29.9. The lowest BCUT2D eigenvalue weighted by atomic mass is 9.93. The van der Waals surface area contributed by atoms with Crippen molar-refractivity contribution in [2.75, 3.05) is 73.5 Å². The number of sulfone groups is 2. The molecule has 4 saturated heterocycles. The maximum atomic E-state index is 13.6. The van der Waals surface area contributed by atoms with E-state index < -0.39 is 72.2 Å². The molecule has 2 spiro atoms. The maximum absolute atomic E-state index is 13.6. The van der Waals surface area contributed by atoms with Gasteiger partial charge < -0.3 is 35.4 Å². The SMILES string of the molecule is CC(C)(C)NS(=O)(=O)c1cccc(N)c1.CC(C)(C)NS(=O)(=O)c1cccc(NC(=O)c2ccc(S(=O)(=O)C3(C)COC3)cc2N2CCC3(CC2)CC3)c1.CC1(S(=O)(=O)c2ccc(C(=O)O)c(N3CCC4(CC3)CC4)c2)COC1. The topological polar surface area (TPSA) is 278 Å². The van der Waals surface area contributed by atoms with Crippen molar-refractivity contribution in [3.8, 4) is 0 Å². The lowest BCUT2D eigenvalue weighted by molar-refractivity contribution is -0.00495. The van der Waals surface area contributed by atoms with Gasteiger partial charge in [0.2, 0.25) is 20.0 Å². The van der Waals surface area contributed by atoms with Gasteiger partial charge in [-0.1, -0.05) is 12.1 Å². The highest BCUT2D eigenvalue weighted by molar-refractivity contribution is 7.93. The Morgan fingerprint density at radius 1 is 0.532 bits per heavy atom. The third kappa shape index (κ3) is 13.5. The minimum absolute atomic E-state index is 0.0404. The van der Waals surface area contributed by atoms with E-state index in [9.17, 15) is 48.4 Å². The molecule has 4 aromatic rings. The van der Waals surface area contributed by atoms with E-state index in [0.29, 0.717) is 39.1 Å². The van der Waals surface area contributed by atoms with Crippen LogP contribution >= 0.6 is 0 Å². The summed E-state index contributed by atoms with van der Waals surface area (Å²) in [6.45, 7) is 17.7. The number of hydrogen-bond acceptors (Lipinski definition) is 15. The summed E-state index contributed by atoms with van der Waals surface area (Å²) in [6.07, 6.45) is 9.10. The molecule has 0 radical (unpaired) electrons. The van der Waals surface area contributed by atoms with Gasteiger partial charge in [-0.25, -0.2) is 47.9 Å². The normalized spacial score (nSPS) is 20.1. The van der Waals surface area contributed by atoms with Crippen LogP contribution in [0.1, 0.15) is 127 Å². The number of aromatic carboxylic acids is 1. The van der Waals surface area contributed by atoms with E-state index in [1.807, 2.05) is 4.90 Å². The number of carbonyl (C=O) groups excluding carboxylic acids is 1. The van der Waals surface area contributed by atoms with Crippen LogP contribution in [-0.4, -0.2) is 124 Å². The van der Waals surface area contributed by atoms with Crippen LogP contribution in [-0.2, 0) is 49.2 Å². The van der Waals surface area contributed by atoms with Gasteiger partial charge >= 0.3 is 5.97 Å². The third-order valence-corrected chi connectivity index (χ3v) is 24.0. The lowest BCUT2D eigenvalue weighted by Crippen LogP contribution is -2.53. The predicted molar refractivity (Wildman–Crippen MR) is 304 cm³/mol. The lowest BCUT2D eigenvalue weighted by Gasteiger charge is -2.38. The van der Waals surface area contributed by atoms with Crippen molar-refractivity contribution in [2.45, 2.75) is 147 Å². The Labute approximate surface area is 466 Å². The van der Waals surface area contributed by atoms with E-state index in [-0.39, 0.29) is 51.6 Å². The molecular weight excluding hydrogens is 1090 g/mol. The molecule has 0 unspecified atom stereocenters. The van der Waals surface area contributed by atoms with Crippen LogP contribution in [0.2, 0.25) is 0 Å². The zero-order valence-electron chi connectivity index (χ0n) is 46.3. The molecule has 0 bridgehead atoms. The third-order valence-electron chi connectivity index (χ3n) is 15.7. The number of carboxylic acids is 1. The number of carboxylic acid groups (broad SMARTS) is 1. The number of carbonyl (C=O) groups is 2. The first kappa shape index (κ1) is 60.0. The Balaban J connectivity index is 0.000000175. The van der Waals surface area contributed by atoms with Gasteiger partial charge in [-0.3, -0.25) is 4.79 Å². The summed E-state index contributed by atoms with van der Waals surface area (Å²) in [6, 6.07) is 21.4. The molecule has 4 aromatic carbocycles. The van der Waals surface area contributed by atoms with Crippen molar-refractivity contribution in [3.63, 3.8) is 0 Å². The summed E-state index contributed by atoms with van der Waals surface area (Å²) in [5.41, 5.74) is 7.62. The van der Waals surface area contributed by atoms with Crippen molar-refractivity contribution in [1.82, 2.24) is 9.44 Å². The Morgan fingerprint density at radius 3 is 1.29 bits per heavy atom. The van der Waals surface area contributed by atoms with Crippen molar-refractivity contribution in [1.29, 1.82) is 0 Å². The van der Waals surface area contributed by atoms with Gasteiger partial charge in [-0.15, -0.1) is 0 Å². The molecule has 6 fully saturated rings. The minimum atomic E-state index is -3.79. The Morgan fingerprint density at radius 2 is 0.924 bits per heavy atom. The molecule has 2 saturated carbocycles. The van der Waals surface area contributed by atoms with Crippen molar-refractivity contribution in [2.24, 2.45) is 10.8 Å². The molecule has 0 atom stereocenters. The summed E-state index contributed by atoms with van der Waals surface area (Å²) >= 11 is 0. The predicted octanol–water partition coefficient (Wildman–Crippen LogP) is 7.63. The highest BCUT2D eigenvalue weighted by Gasteiger charge is 2.50. The van der Waals surface area contributed by atoms with Crippen LogP contribution < -0.4 is 30.3 Å². The highest BCUT2D eigenvalue weighted by atomic mass is 32.2. The van der Waals surface area contributed by atoms with E-state index in [1.165, 1.54) is 68.1 Å². The van der Waals surface area contributed by atoms with Crippen LogP contribution in [0.4, 0.5) is 22.7 Å². The smallest absolute Gasteiger partial charge is 0.337 e. The first-order valence-electron chi connectivity index (χ1n) is 26.6. The molecule has 4 aliphatic heterocycles. The van der Waals surface area contributed by atoms with Crippen molar-refractivity contribution in [3.05, 3.63) is 96.1 Å². The second-order valence-electron chi connectivity index (χ2n) is 24.8. The Bertz CT molecular complexity index is 3430. The molecule has 1 amide bonds. The number of nitrogens with one attached hydrogen (secondary N) is 3. The first-order chi connectivity index (χ1) is 36.6. The maximum Gasteiger partial charge on any atom is 0.337 e. The molecule has 10 rings (SSSR count). The number of sulfonamides is 2. The average Bonchev–Trinajstić information content (AvgIpc) is 4.30. The van der Waals surface area contributed by atoms with E-state index >= 15 is 0 Å². The molecular formula is C56H76N6O13S4. The zero-order valence-corrected chi connectivity index (χ0v) is 49.6. The van der Waals surface area contributed by atoms with Gasteiger partial charge in [-0.05, 0) is 190 Å². The number of nitrogens with zero attached hydrogens (tertiary/aromatic N) is 2. The van der Waals surface area contributed by atoms with E-state index in [1.54, 1.807) is 97.9 Å². The standard InChI is InChI=1S/C28H37N3O6S2.C18H23NO5S.C10H16N2O2S/c1-26(2,3)30-39(35,36)22-7-5-6-20(16-22)29-25(32)23-9-8-21(38(33,34)27(4)18-37-19-27)17-24(23)31-14-12-28(10-11-28)13-15-31;1-17(11-24-12-17)25(22,23)13-2-3-14(16(20)21)15(10-13)19-8-6-18(4-5-18)7-9-19;1-10(2,3)12-15(13,14)9-6-4-5-8(11)7-9/h5-9,16-17,30H,10-15,18-19H2,1-4H3,(H,29,32);2-3,10H,4-9,11-12H2,1H3,(H,20,21);4-7,12H,11H2,1-3H3. The van der Waals surface area contributed by atoms with Gasteiger partial charge in [0.1, 0.15) is 9.49 Å². The molecule has 0 aromatic heterocycles. The van der Waals surface area contributed by atoms with E-state index in [4.69, 9.17) is 15.2 Å². The minimum Gasteiger partial charge on any atom is -0.478 e. The molecule has 4 heterocycles. The van der Waals surface area contributed by atoms with Crippen LogP contribution in [0, 0.1) is 10.8 Å². The zero-order chi connectivity index (χ0) is 57.8. The number of rotatable bonds is 13. The van der Waals surface area contributed by atoms with Gasteiger partial charge in [-0.2, -0.15) is 0 Å². The molecule has 432 valence electrons. The van der Waals surface area contributed by atoms with Gasteiger partial charge in [0.15, 0.2) is 19.7 Å². The number of ether oxygens (including phenoxy) is 2. The molecule has 6 N–H and O–H groups in total. The number of nitrogen functional groups attached to an aromatic ring is 1. The molecule has 19 nitrogen and oxygen atoms in total. The quantitative estimate of drug-likeness (QED) is 0.0805. The highest BCUT2D eigenvalue weighted by Crippen LogP contribution is 2.55. The van der Waals surface area contributed by atoms with Crippen LogP contribution in [0.5, 0.6) is 0 Å². The van der Waals surface area contributed by atoms with E-state index in [2.05, 4.69) is 19.7 Å². The summed E-state index contributed by atoms with van der Waals surface area (Å²) < 4.78 is 116. The summed E-state index contributed by atoms with van der Waals surface area (Å²) in [7, 11) is -14.5. The number of nitrogens with two attached hydrogens (primary N) is 1. The summed E-state index contributed by atoms with van der Waals surface area (Å²) in [5, 5.41) is 12.4. The number of anilines is 4. The van der Waals surface area contributed by atoms with Gasteiger partial charge in [0.05, 0.1) is 68.5 Å². The Hall–Kier alpha value is -5.14. The molecule has 6 aliphatic rings. The fourth-order valence-corrected chi connectivity index (χ4v) is 16.3. The molecule has 79 heavy (non-hydrogen) atoms. The van der Waals surface area contributed by atoms with Crippen molar-refractivity contribution >= 4 is 74.3 Å². The summed E-state index contributed by atoms with van der Waals surface area (Å²) in [5.74, 6) is -1.46. The fraction of sp³-hybridized carbons (Fsp3) is 0.536.